The summed E-state index contributed by atoms with van der Waals surface area (Å²) >= 11 is 0. The Balaban J connectivity index is 1.81. The second kappa shape index (κ2) is 10.9. The molecule has 184 valence electrons. The summed E-state index contributed by atoms with van der Waals surface area (Å²) in [6.07, 6.45) is 0. The van der Waals surface area contributed by atoms with Crippen molar-refractivity contribution >= 4 is 11.6 Å². The molecule has 0 aliphatic carbocycles. The first-order valence-electron chi connectivity index (χ1n) is 11.4. The lowest BCUT2D eigenvalue weighted by Crippen LogP contribution is -2.37. The molecule has 0 aliphatic heterocycles. The van der Waals surface area contributed by atoms with Gasteiger partial charge in [-0.3, -0.25) is 14.9 Å². The molecule has 4 rings (SSSR count). The maximum absolute atomic E-state index is 14.6. The van der Waals surface area contributed by atoms with Crippen molar-refractivity contribution in [2.24, 2.45) is 0 Å². The molecule has 1 amide bonds. The zero-order chi connectivity index (χ0) is 25.7. The summed E-state index contributed by atoms with van der Waals surface area (Å²) in [6.45, 7) is 1.43. The molecular weight excluding hydrogens is 461 g/mol. The zero-order valence-electron chi connectivity index (χ0n) is 20.0. The van der Waals surface area contributed by atoms with Crippen molar-refractivity contribution in [2.45, 2.75) is 6.54 Å². The van der Waals surface area contributed by atoms with Gasteiger partial charge in [0.1, 0.15) is 11.5 Å². The Morgan fingerprint density at radius 2 is 1.69 bits per heavy atom. The number of nitrogens with zero attached hydrogens (tertiary/aromatic N) is 5. The fraction of sp³-hybridized carbons (Fsp3) is 0.185. The van der Waals surface area contributed by atoms with Gasteiger partial charge in [-0.25, -0.2) is 9.07 Å². The van der Waals surface area contributed by atoms with Gasteiger partial charge in [-0.1, -0.05) is 48.5 Å². The van der Waals surface area contributed by atoms with Gasteiger partial charge in [0.15, 0.2) is 0 Å². The van der Waals surface area contributed by atoms with E-state index in [1.165, 1.54) is 35.0 Å². The Hall–Kier alpha value is -4.37. The van der Waals surface area contributed by atoms with Crippen LogP contribution in [0.4, 0.5) is 10.1 Å². The van der Waals surface area contributed by atoms with Crippen LogP contribution in [0.1, 0.15) is 16.1 Å². The van der Waals surface area contributed by atoms with Gasteiger partial charge in [-0.2, -0.15) is 5.10 Å². The Morgan fingerprint density at radius 1 is 0.972 bits per heavy atom. The van der Waals surface area contributed by atoms with Crippen LogP contribution < -0.4 is 0 Å². The van der Waals surface area contributed by atoms with E-state index in [1.807, 2.05) is 49.3 Å². The van der Waals surface area contributed by atoms with Gasteiger partial charge in [0.05, 0.1) is 16.3 Å². The molecule has 1 heterocycles. The maximum atomic E-state index is 14.6. The molecule has 0 unspecified atom stereocenters. The summed E-state index contributed by atoms with van der Waals surface area (Å²) in [7, 11) is 3.85. The lowest BCUT2D eigenvalue weighted by atomic mass is 10.1. The highest BCUT2D eigenvalue weighted by Crippen LogP contribution is 2.26. The predicted molar refractivity (Wildman–Crippen MR) is 135 cm³/mol. The fourth-order valence-corrected chi connectivity index (χ4v) is 3.81. The number of benzene rings is 3. The Bertz CT molecular complexity index is 1370. The number of nitro benzene ring substituents is 1. The first kappa shape index (κ1) is 24.7. The first-order valence-corrected chi connectivity index (χ1v) is 11.4. The minimum atomic E-state index is -0.509. The van der Waals surface area contributed by atoms with Crippen molar-refractivity contribution in [3.63, 3.8) is 0 Å². The molecule has 0 radical (unpaired) electrons. The summed E-state index contributed by atoms with van der Waals surface area (Å²) in [5.74, 6) is -0.795. The number of hydrogen-bond acceptors (Lipinski definition) is 5. The van der Waals surface area contributed by atoms with Crippen LogP contribution in [0.5, 0.6) is 0 Å². The van der Waals surface area contributed by atoms with Gasteiger partial charge in [0, 0.05) is 37.3 Å². The fourth-order valence-electron chi connectivity index (χ4n) is 3.81. The summed E-state index contributed by atoms with van der Waals surface area (Å²) < 4.78 is 16.0. The van der Waals surface area contributed by atoms with E-state index in [0.29, 0.717) is 25.3 Å². The molecule has 0 spiro atoms. The van der Waals surface area contributed by atoms with Gasteiger partial charge in [-0.15, -0.1) is 0 Å². The van der Waals surface area contributed by atoms with Gasteiger partial charge in [0.2, 0.25) is 0 Å². The van der Waals surface area contributed by atoms with Gasteiger partial charge in [0.25, 0.3) is 11.6 Å². The molecule has 8 nitrogen and oxygen atoms in total. The molecule has 1 aromatic heterocycles. The average molecular weight is 488 g/mol. The quantitative estimate of drug-likeness (QED) is 0.250. The molecule has 0 bridgehead atoms. The number of hydrogen-bond donors (Lipinski definition) is 0. The molecule has 0 saturated carbocycles. The molecule has 3 aromatic carbocycles. The first-order chi connectivity index (χ1) is 17.3. The third-order valence-corrected chi connectivity index (χ3v) is 5.68. The summed E-state index contributed by atoms with van der Waals surface area (Å²) in [5, 5.41) is 15.9. The highest BCUT2D eigenvalue weighted by atomic mass is 19.1. The minimum absolute atomic E-state index is 0.136. The molecule has 0 fully saturated rings. The van der Waals surface area contributed by atoms with Crippen molar-refractivity contribution in [3.8, 4) is 16.9 Å². The standard InChI is InChI=1S/C27H26FN5O3/c1-30(2)15-16-31(19-20-9-4-3-5-10-20)27(34)26-18-25(23-13-6-7-14-24(23)28)29-32(26)21-11-8-12-22(17-21)33(35)36/h3-14,17-18H,15-16,19H2,1-2H3. The molecule has 4 aromatic rings. The van der Waals surface area contributed by atoms with Crippen LogP contribution in [0, 0.1) is 15.9 Å². The van der Waals surface area contributed by atoms with Crippen molar-refractivity contribution in [1.29, 1.82) is 0 Å². The summed E-state index contributed by atoms with van der Waals surface area (Å²) in [5.41, 5.74) is 1.84. The Morgan fingerprint density at radius 3 is 2.39 bits per heavy atom. The number of amides is 1. The maximum Gasteiger partial charge on any atom is 0.272 e. The zero-order valence-corrected chi connectivity index (χ0v) is 20.0. The van der Waals surface area contributed by atoms with E-state index in [9.17, 15) is 19.3 Å². The van der Waals surface area contributed by atoms with E-state index in [0.717, 1.165) is 5.56 Å². The number of aromatic nitrogens is 2. The molecule has 0 aliphatic rings. The van der Waals surface area contributed by atoms with Crippen LogP contribution in [0.2, 0.25) is 0 Å². The van der Waals surface area contributed by atoms with Crippen LogP contribution >= 0.6 is 0 Å². The van der Waals surface area contributed by atoms with Crippen molar-refractivity contribution in [1.82, 2.24) is 19.6 Å². The third kappa shape index (κ3) is 5.64. The van der Waals surface area contributed by atoms with Crippen molar-refractivity contribution in [3.05, 3.63) is 112 Å². The van der Waals surface area contributed by atoms with E-state index < -0.39 is 10.7 Å². The van der Waals surface area contributed by atoms with E-state index in [1.54, 1.807) is 29.2 Å². The topological polar surface area (TPSA) is 84.5 Å². The van der Waals surface area contributed by atoms with Gasteiger partial charge in [-0.05, 0) is 43.9 Å². The minimum Gasteiger partial charge on any atom is -0.332 e. The van der Waals surface area contributed by atoms with Crippen LogP contribution in [0.25, 0.3) is 16.9 Å². The van der Waals surface area contributed by atoms with Crippen LogP contribution in [0.15, 0.2) is 84.9 Å². The number of likely N-dealkylation sites (N-methyl/N-ethyl adjacent to an activating group) is 1. The van der Waals surface area contributed by atoms with Crippen LogP contribution in [0.3, 0.4) is 0 Å². The summed E-state index contributed by atoms with van der Waals surface area (Å²) in [4.78, 5) is 28.5. The monoisotopic (exact) mass is 487 g/mol. The number of rotatable bonds is 9. The van der Waals surface area contributed by atoms with Crippen LogP contribution in [-0.4, -0.2) is 57.6 Å². The molecule has 9 heteroatoms. The number of nitro groups is 1. The number of carbonyl (C=O) groups excluding carboxylic acids is 1. The highest BCUT2D eigenvalue weighted by Gasteiger charge is 2.25. The number of non-ortho nitro benzene ring substituents is 1. The largest absolute Gasteiger partial charge is 0.332 e. The SMILES string of the molecule is CN(C)CCN(Cc1ccccc1)C(=O)c1cc(-c2ccccc2F)nn1-c1cccc([N+](=O)[O-])c1. The van der Waals surface area contributed by atoms with Gasteiger partial charge < -0.3 is 9.80 Å². The van der Waals surface area contributed by atoms with Crippen molar-refractivity contribution in [2.75, 3.05) is 27.2 Å². The van der Waals surface area contributed by atoms with E-state index in [4.69, 9.17) is 0 Å². The van der Waals surface area contributed by atoms with Crippen molar-refractivity contribution < 1.29 is 14.1 Å². The third-order valence-electron chi connectivity index (χ3n) is 5.68. The molecule has 0 N–H and O–H groups in total. The summed E-state index contributed by atoms with van der Waals surface area (Å²) in [6, 6.07) is 23.2. The number of halogens is 1. The molecule has 0 atom stereocenters. The van der Waals surface area contributed by atoms with Gasteiger partial charge >= 0.3 is 0 Å². The van der Waals surface area contributed by atoms with E-state index in [2.05, 4.69) is 5.10 Å². The normalized spacial score (nSPS) is 11.0. The Kier molecular flexibility index (Phi) is 7.50. The Labute approximate surface area is 208 Å². The second-order valence-corrected chi connectivity index (χ2v) is 8.60. The molecular formula is C27H26FN5O3. The molecule has 0 saturated heterocycles. The average Bonchev–Trinajstić information content (AvgIpc) is 3.32. The van der Waals surface area contributed by atoms with Crippen LogP contribution in [-0.2, 0) is 6.54 Å². The molecule has 36 heavy (non-hydrogen) atoms. The van der Waals surface area contributed by atoms with E-state index >= 15 is 0 Å². The smallest absolute Gasteiger partial charge is 0.272 e. The lowest BCUT2D eigenvalue weighted by molar-refractivity contribution is -0.384. The number of carbonyl (C=O) groups is 1. The lowest BCUT2D eigenvalue weighted by Gasteiger charge is -2.25. The highest BCUT2D eigenvalue weighted by molar-refractivity contribution is 5.94. The second-order valence-electron chi connectivity index (χ2n) is 8.60. The van der Waals surface area contributed by atoms with E-state index in [-0.39, 0.29) is 28.5 Å². The predicted octanol–water partition coefficient (Wildman–Crippen LogP) is 4.79.